The van der Waals surface area contributed by atoms with Crippen molar-refractivity contribution in [2.45, 2.75) is 20.4 Å². The van der Waals surface area contributed by atoms with Gasteiger partial charge in [-0.2, -0.15) is 5.10 Å². The van der Waals surface area contributed by atoms with Crippen LogP contribution >= 0.6 is 0 Å². The van der Waals surface area contributed by atoms with Crippen LogP contribution in [0.2, 0.25) is 0 Å². The monoisotopic (exact) mass is 248 g/mol. The van der Waals surface area contributed by atoms with Crippen LogP contribution in [0.1, 0.15) is 21.7 Å². The van der Waals surface area contributed by atoms with Crippen LogP contribution in [-0.2, 0) is 20.6 Å². The lowest BCUT2D eigenvalue weighted by molar-refractivity contribution is 0.0965. The van der Waals surface area contributed by atoms with Gasteiger partial charge in [0, 0.05) is 31.0 Å². The topological polar surface area (TPSA) is 61.8 Å². The minimum absolute atomic E-state index is 0.0238. The summed E-state index contributed by atoms with van der Waals surface area (Å²) >= 11 is 0. The second kappa shape index (κ2) is 4.29. The fourth-order valence-electron chi connectivity index (χ4n) is 1.89. The molecule has 0 amide bonds. The fraction of sp³-hybridized carbons (Fsp3) is 0.417. The van der Waals surface area contributed by atoms with Gasteiger partial charge in [-0.3, -0.25) is 9.36 Å². The predicted octanol–water partition coefficient (Wildman–Crippen LogP) is 0.420. The molecule has 0 aliphatic heterocycles. The molecule has 6 nitrogen and oxygen atoms in total. The van der Waals surface area contributed by atoms with E-state index in [1.807, 2.05) is 31.5 Å². The van der Waals surface area contributed by atoms with Gasteiger partial charge in [-0.15, -0.1) is 0 Å². The molecule has 0 aliphatic carbocycles. The summed E-state index contributed by atoms with van der Waals surface area (Å²) in [4.78, 5) is 23.7. The Bertz CT molecular complexity index is 660. The van der Waals surface area contributed by atoms with Crippen molar-refractivity contribution >= 4 is 5.78 Å². The Hall–Kier alpha value is -2.11. The van der Waals surface area contributed by atoms with Gasteiger partial charge in [-0.1, -0.05) is 0 Å². The third-order valence-corrected chi connectivity index (χ3v) is 3.26. The molecule has 0 aromatic carbocycles. The van der Waals surface area contributed by atoms with Crippen molar-refractivity contribution in [2.24, 2.45) is 14.1 Å². The number of rotatable bonds is 3. The van der Waals surface area contributed by atoms with E-state index in [-0.39, 0.29) is 18.0 Å². The molecule has 0 N–H and O–H groups in total. The summed E-state index contributed by atoms with van der Waals surface area (Å²) in [6.45, 7) is 3.81. The normalized spacial score (nSPS) is 10.9. The number of carbonyl (C=O) groups excluding carboxylic acids is 1. The molecule has 2 aromatic rings. The van der Waals surface area contributed by atoms with E-state index >= 15 is 0 Å². The molecule has 0 saturated carbocycles. The van der Waals surface area contributed by atoms with Gasteiger partial charge in [0.15, 0.2) is 5.78 Å². The smallest absolute Gasteiger partial charge is 0.345 e. The highest BCUT2D eigenvalue weighted by molar-refractivity contribution is 5.97. The highest BCUT2D eigenvalue weighted by Crippen LogP contribution is 2.14. The van der Waals surface area contributed by atoms with Gasteiger partial charge < -0.3 is 4.57 Å². The fourth-order valence-corrected chi connectivity index (χ4v) is 1.89. The van der Waals surface area contributed by atoms with Crippen LogP contribution in [0, 0.1) is 13.8 Å². The van der Waals surface area contributed by atoms with Gasteiger partial charge >= 0.3 is 5.69 Å². The molecule has 2 heterocycles. The zero-order valence-electron chi connectivity index (χ0n) is 11.0. The molecule has 0 radical (unpaired) electrons. The number of Topliss-reactive ketones (excluding diaryl/α,β-unsaturated/α-hetero) is 1. The quantitative estimate of drug-likeness (QED) is 0.740. The standard InChI is InChI=1S/C12H16N4O2/c1-8-5-10(9(2)15(8)4)11(17)6-16-12(18)14(3)7-13-16/h5,7H,6H2,1-4H3. The molecular formula is C12H16N4O2. The first-order valence-electron chi connectivity index (χ1n) is 5.66. The van der Waals surface area contributed by atoms with Gasteiger partial charge in [0.2, 0.25) is 0 Å². The number of nitrogens with zero attached hydrogens (tertiary/aromatic N) is 4. The van der Waals surface area contributed by atoms with Crippen LogP contribution in [0.5, 0.6) is 0 Å². The van der Waals surface area contributed by atoms with E-state index in [4.69, 9.17) is 0 Å². The number of hydrogen-bond acceptors (Lipinski definition) is 3. The van der Waals surface area contributed by atoms with E-state index in [1.54, 1.807) is 7.05 Å². The van der Waals surface area contributed by atoms with E-state index in [9.17, 15) is 9.59 Å². The Morgan fingerprint density at radius 1 is 1.33 bits per heavy atom. The zero-order chi connectivity index (χ0) is 13.4. The van der Waals surface area contributed by atoms with E-state index < -0.39 is 0 Å². The Morgan fingerprint density at radius 3 is 2.44 bits per heavy atom. The maximum Gasteiger partial charge on any atom is 0.345 e. The summed E-state index contributed by atoms with van der Waals surface area (Å²) in [6.07, 6.45) is 1.40. The summed E-state index contributed by atoms with van der Waals surface area (Å²) in [5.74, 6) is -0.1000. The molecule has 2 rings (SSSR count). The summed E-state index contributed by atoms with van der Waals surface area (Å²) in [6, 6.07) is 1.84. The van der Waals surface area contributed by atoms with Gasteiger partial charge in [0.05, 0.1) is 0 Å². The number of aryl methyl sites for hydroxylation is 2. The molecule has 0 aliphatic rings. The van der Waals surface area contributed by atoms with Gasteiger partial charge in [-0.05, 0) is 19.9 Å². The van der Waals surface area contributed by atoms with Crippen LogP contribution in [0.4, 0.5) is 0 Å². The highest BCUT2D eigenvalue weighted by atomic mass is 16.2. The van der Waals surface area contributed by atoms with Gasteiger partial charge in [0.1, 0.15) is 12.9 Å². The average Bonchev–Trinajstić information content (AvgIpc) is 2.77. The maximum absolute atomic E-state index is 12.1. The Labute approximate surface area is 104 Å². The average molecular weight is 248 g/mol. The maximum atomic E-state index is 12.1. The second-order valence-electron chi connectivity index (χ2n) is 4.45. The number of aromatic nitrogens is 4. The first kappa shape index (κ1) is 12.3. The molecule has 96 valence electrons. The third kappa shape index (κ3) is 1.90. The van der Waals surface area contributed by atoms with Crippen LogP contribution in [0.3, 0.4) is 0 Å². The third-order valence-electron chi connectivity index (χ3n) is 3.26. The Balaban J connectivity index is 2.30. The minimum Gasteiger partial charge on any atom is -0.351 e. The lowest BCUT2D eigenvalue weighted by Gasteiger charge is -2.02. The predicted molar refractivity (Wildman–Crippen MR) is 66.7 cm³/mol. The van der Waals surface area contributed by atoms with Crippen molar-refractivity contribution in [1.29, 1.82) is 0 Å². The van der Waals surface area contributed by atoms with Crippen molar-refractivity contribution in [3.05, 3.63) is 39.8 Å². The molecule has 0 atom stereocenters. The highest BCUT2D eigenvalue weighted by Gasteiger charge is 2.16. The Morgan fingerprint density at radius 2 is 2.00 bits per heavy atom. The van der Waals surface area contributed by atoms with E-state index in [0.717, 1.165) is 11.4 Å². The first-order valence-corrected chi connectivity index (χ1v) is 5.66. The van der Waals surface area contributed by atoms with E-state index in [0.29, 0.717) is 5.56 Å². The largest absolute Gasteiger partial charge is 0.351 e. The molecule has 18 heavy (non-hydrogen) atoms. The molecule has 2 aromatic heterocycles. The SMILES string of the molecule is Cc1cc(C(=O)Cn2ncn(C)c2=O)c(C)n1C. The van der Waals surface area contributed by atoms with E-state index in [2.05, 4.69) is 5.10 Å². The summed E-state index contributed by atoms with van der Waals surface area (Å²) in [7, 11) is 3.52. The zero-order valence-corrected chi connectivity index (χ0v) is 11.0. The molecular weight excluding hydrogens is 232 g/mol. The number of hydrogen-bond donors (Lipinski definition) is 0. The van der Waals surface area contributed by atoms with Crippen molar-refractivity contribution in [1.82, 2.24) is 18.9 Å². The summed E-state index contributed by atoms with van der Waals surface area (Å²) < 4.78 is 4.47. The molecule has 0 fully saturated rings. The van der Waals surface area contributed by atoms with Crippen LogP contribution in [0.15, 0.2) is 17.2 Å². The Kier molecular flexibility index (Phi) is 2.94. The van der Waals surface area contributed by atoms with Crippen LogP contribution < -0.4 is 5.69 Å². The lowest BCUT2D eigenvalue weighted by atomic mass is 10.1. The van der Waals surface area contributed by atoms with Crippen molar-refractivity contribution in [3.63, 3.8) is 0 Å². The number of carbonyl (C=O) groups is 1. The summed E-state index contributed by atoms with van der Waals surface area (Å²) in [5.41, 5.74) is 2.28. The first-order chi connectivity index (χ1) is 8.41. The molecule has 0 spiro atoms. The lowest BCUT2D eigenvalue weighted by Crippen LogP contribution is -2.26. The molecule has 0 unspecified atom stereocenters. The van der Waals surface area contributed by atoms with Crippen molar-refractivity contribution < 1.29 is 4.79 Å². The second-order valence-corrected chi connectivity index (χ2v) is 4.45. The van der Waals surface area contributed by atoms with E-state index in [1.165, 1.54) is 15.6 Å². The molecule has 0 saturated heterocycles. The van der Waals surface area contributed by atoms with Gasteiger partial charge in [-0.25, -0.2) is 9.48 Å². The van der Waals surface area contributed by atoms with Crippen molar-refractivity contribution in [2.75, 3.05) is 0 Å². The van der Waals surface area contributed by atoms with Crippen LogP contribution in [0.25, 0.3) is 0 Å². The van der Waals surface area contributed by atoms with Crippen LogP contribution in [-0.4, -0.2) is 24.7 Å². The minimum atomic E-state index is -0.284. The molecule has 0 bridgehead atoms. The van der Waals surface area contributed by atoms with Crippen molar-refractivity contribution in [3.8, 4) is 0 Å². The summed E-state index contributed by atoms with van der Waals surface area (Å²) in [5, 5.41) is 3.88. The molecule has 6 heteroatoms. The van der Waals surface area contributed by atoms with Gasteiger partial charge in [0.25, 0.3) is 0 Å². The number of ketones is 1.